The van der Waals surface area contributed by atoms with Crippen LogP contribution in [0, 0.1) is 12.3 Å². The van der Waals surface area contributed by atoms with E-state index in [0.717, 1.165) is 11.3 Å². The second kappa shape index (κ2) is 6.66. The summed E-state index contributed by atoms with van der Waals surface area (Å²) in [6.45, 7) is 0.254. The summed E-state index contributed by atoms with van der Waals surface area (Å²) >= 11 is 0. The molecule has 1 aromatic heterocycles. The molecule has 0 saturated carbocycles. The van der Waals surface area contributed by atoms with Crippen molar-refractivity contribution in [3.05, 3.63) is 66.3 Å². The number of rotatable bonds is 5. The average Bonchev–Trinajstić information content (AvgIpc) is 3.03. The van der Waals surface area contributed by atoms with Crippen LogP contribution in [0.2, 0.25) is 0 Å². The van der Waals surface area contributed by atoms with Crippen molar-refractivity contribution in [2.24, 2.45) is 0 Å². The third kappa shape index (κ3) is 3.37. The van der Waals surface area contributed by atoms with E-state index < -0.39 is 0 Å². The lowest BCUT2D eigenvalue weighted by atomic mass is 10.1. The molecule has 0 bridgehead atoms. The summed E-state index contributed by atoms with van der Waals surface area (Å²) in [5.41, 5.74) is 3.73. The molecule has 0 unspecified atom stereocenters. The van der Waals surface area contributed by atoms with Gasteiger partial charge in [0.2, 0.25) is 5.88 Å². The fraction of sp³-hybridized carbons (Fsp3) is 0.118. The number of ether oxygens (including phenoxy) is 2. The Morgan fingerprint density at radius 2 is 2.09 bits per heavy atom. The maximum Gasteiger partial charge on any atom is 0.216 e. The summed E-state index contributed by atoms with van der Waals surface area (Å²) in [4.78, 5) is 9.47. The molecule has 1 atom stereocenters. The quantitative estimate of drug-likeness (QED) is 0.859. The molecular formula is C17H14N2O3. The molecule has 0 aliphatic carbocycles. The predicted molar refractivity (Wildman–Crippen MR) is 80.7 cm³/mol. The standard InChI is InChI=1S/C17H14N2O3/c1-2-10-20-14-7-5-13(6-8-14)16-11-17(19-22-16)21-15-4-3-9-18-12-15/h1,3-9,11-12,16,19H,10H2/t16-/m0/s1. The molecule has 5 nitrogen and oxygen atoms in total. The van der Waals surface area contributed by atoms with Crippen molar-refractivity contribution >= 4 is 0 Å². The number of hydrogen-bond donors (Lipinski definition) is 1. The van der Waals surface area contributed by atoms with Crippen LogP contribution in [-0.4, -0.2) is 11.6 Å². The van der Waals surface area contributed by atoms with Crippen LogP contribution in [0.4, 0.5) is 0 Å². The summed E-state index contributed by atoms with van der Waals surface area (Å²) in [6.07, 6.45) is 10.1. The van der Waals surface area contributed by atoms with Crippen molar-refractivity contribution in [2.45, 2.75) is 6.10 Å². The molecule has 3 rings (SSSR count). The van der Waals surface area contributed by atoms with E-state index in [1.807, 2.05) is 36.4 Å². The Balaban J connectivity index is 1.65. The first-order valence-corrected chi connectivity index (χ1v) is 6.73. The monoisotopic (exact) mass is 294 g/mol. The van der Waals surface area contributed by atoms with E-state index in [4.69, 9.17) is 20.7 Å². The van der Waals surface area contributed by atoms with Crippen molar-refractivity contribution < 1.29 is 14.3 Å². The molecule has 1 aliphatic heterocycles. The molecule has 1 aromatic carbocycles. The fourth-order valence-corrected chi connectivity index (χ4v) is 1.96. The van der Waals surface area contributed by atoms with Crippen LogP contribution in [-0.2, 0) is 4.84 Å². The topological polar surface area (TPSA) is 52.6 Å². The lowest BCUT2D eigenvalue weighted by molar-refractivity contribution is 0.0273. The lowest BCUT2D eigenvalue weighted by Crippen LogP contribution is -2.12. The van der Waals surface area contributed by atoms with E-state index in [1.54, 1.807) is 18.5 Å². The molecule has 1 aliphatic rings. The van der Waals surface area contributed by atoms with Gasteiger partial charge in [0.15, 0.2) is 0 Å². The largest absolute Gasteiger partial charge is 0.481 e. The molecule has 0 saturated heterocycles. The van der Waals surface area contributed by atoms with Gasteiger partial charge < -0.3 is 9.47 Å². The number of hydrogen-bond acceptors (Lipinski definition) is 5. The van der Waals surface area contributed by atoms with Crippen molar-refractivity contribution in [2.75, 3.05) is 6.61 Å². The van der Waals surface area contributed by atoms with Gasteiger partial charge in [-0.1, -0.05) is 18.1 Å². The number of aromatic nitrogens is 1. The SMILES string of the molecule is C#CCOc1ccc([C@@H]2C=C(Oc3cccnc3)NO2)cc1. The zero-order valence-electron chi connectivity index (χ0n) is 11.7. The Morgan fingerprint density at radius 1 is 1.23 bits per heavy atom. The van der Waals surface area contributed by atoms with Crippen molar-refractivity contribution in [3.8, 4) is 23.8 Å². The van der Waals surface area contributed by atoms with Gasteiger partial charge in [-0.25, -0.2) is 5.48 Å². The Morgan fingerprint density at radius 3 is 2.82 bits per heavy atom. The Kier molecular flexibility index (Phi) is 4.23. The number of nitrogens with one attached hydrogen (secondary N) is 1. The van der Waals surface area contributed by atoms with Crippen LogP contribution < -0.4 is 15.0 Å². The van der Waals surface area contributed by atoms with Gasteiger partial charge in [0.1, 0.15) is 24.2 Å². The number of nitrogens with zero attached hydrogens (tertiary/aromatic N) is 1. The first kappa shape index (κ1) is 14.0. The highest BCUT2D eigenvalue weighted by atomic mass is 16.7. The highest BCUT2D eigenvalue weighted by Crippen LogP contribution is 2.26. The molecule has 0 spiro atoms. The van der Waals surface area contributed by atoms with E-state index in [-0.39, 0.29) is 12.7 Å². The van der Waals surface area contributed by atoms with Gasteiger partial charge in [-0.15, -0.1) is 6.42 Å². The smallest absolute Gasteiger partial charge is 0.216 e. The van der Waals surface area contributed by atoms with Gasteiger partial charge in [-0.05, 0) is 29.8 Å². The van der Waals surface area contributed by atoms with Crippen LogP contribution in [0.25, 0.3) is 0 Å². The zero-order valence-corrected chi connectivity index (χ0v) is 11.7. The van der Waals surface area contributed by atoms with E-state index in [0.29, 0.717) is 11.6 Å². The molecule has 2 aromatic rings. The summed E-state index contributed by atoms with van der Waals surface area (Å²) in [7, 11) is 0. The van der Waals surface area contributed by atoms with Gasteiger partial charge in [0.25, 0.3) is 0 Å². The van der Waals surface area contributed by atoms with Crippen LogP contribution in [0.1, 0.15) is 11.7 Å². The predicted octanol–water partition coefficient (Wildman–Crippen LogP) is 2.59. The maximum absolute atomic E-state index is 5.62. The maximum atomic E-state index is 5.62. The summed E-state index contributed by atoms with van der Waals surface area (Å²) in [5, 5.41) is 0. The van der Waals surface area contributed by atoms with Gasteiger partial charge in [0, 0.05) is 12.3 Å². The zero-order chi connectivity index (χ0) is 15.2. The molecule has 22 heavy (non-hydrogen) atoms. The number of pyridine rings is 1. The van der Waals surface area contributed by atoms with Gasteiger partial charge >= 0.3 is 0 Å². The average molecular weight is 294 g/mol. The van der Waals surface area contributed by atoms with Crippen LogP contribution in [0.15, 0.2) is 60.8 Å². The van der Waals surface area contributed by atoms with Crippen LogP contribution in [0.5, 0.6) is 11.5 Å². The molecular weight excluding hydrogens is 280 g/mol. The van der Waals surface area contributed by atoms with E-state index in [2.05, 4.69) is 16.4 Å². The second-order valence-electron chi connectivity index (χ2n) is 4.52. The molecule has 1 N–H and O–H groups in total. The highest BCUT2D eigenvalue weighted by molar-refractivity contribution is 5.32. The third-order valence-corrected chi connectivity index (χ3v) is 2.98. The summed E-state index contributed by atoms with van der Waals surface area (Å²) < 4.78 is 11.0. The Labute approximate surface area is 128 Å². The molecule has 110 valence electrons. The van der Waals surface area contributed by atoms with Crippen molar-refractivity contribution in [1.82, 2.24) is 10.5 Å². The minimum atomic E-state index is -0.228. The van der Waals surface area contributed by atoms with Crippen molar-refractivity contribution in [3.63, 3.8) is 0 Å². The van der Waals surface area contributed by atoms with E-state index >= 15 is 0 Å². The Bertz CT molecular complexity index is 690. The van der Waals surface area contributed by atoms with Gasteiger partial charge in [-0.2, -0.15) is 0 Å². The number of benzene rings is 1. The molecule has 2 heterocycles. The first-order chi connectivity index (χ1) is 10.8. The first-order valence-electron chi connectivity index (χ1n) is 6.73. The van der Waals surface area contributed by atoms with Gasteiger partial charge in [0.05, 0.1) is 6.20 Å². The second-order valence-corrected chi connectivity index (χ2v) is 4.52. The normalized spacial score (nSPS) is 16.3. The minimum Gasteiger partial charge on any atom is -0.481 e. The molecule has 5 heteroatoms. The van der Waals surface area contributed by atoms with Crippen molar-refractivity contribution in [1.29, 1.82) is 0 Å². The van der Waals surface area contributed by atoms with E-state index in [9.17, 15) is 0 Å². The highest BCUT2D eigenvalue weighted by Gasteiger charge is 2.19. The molecule has 0 radical (unpaired) electrons. The third-order valence-electron chi connectivity index (χ3n) is 2.98. The summed E-state index contributed by atoms with van der Waals surface area (Å²) in [6, 6.07) is 11.2. The fourth-order valence-electron chi connectivity index (χ4n) is 1.96. The minimum absolute atomic E-state index is 0.228. The van der Waals surface area contributed by atoms with E-state index in [1.165, 1.54) is 0 Å². The van der Waals surface area contributed by atoms with Crippen LogP contribution in [0.3, 0.4) is 0 Å². The number of terminal acetylenes is 1. The Hall–Kier alpha value is -2.97. The molecule has 0 amide bonds. The lowest BCUT2D eigenvalue weighted by Gasteiger charge is -2.08. The van der Waals surface area contributed by atoms with Gasteiger partial charge in [-0.3, -0.25) is 9.82 Å². The summed E-state index contributed by atoms with van der Waals surface area (Å²) in [5.74, 6) is 4.33. The number of hydroxylamine groups is 1. The van der Waals surface area contributed by atoms with Crippen LogP contribution >= 0.6 is 0 Å². The molecule has 0 fully saturated rings.